The number of nitrogens with zero attached hydrogens (tertiary/aromatic N) is 5. The number of rotatable bonds is 9. The predicted octanol–water partition coefficient (Wildman–Crippen LogP) is 1.52. The van der Waals surface area contributed by atoms with Gasteiger partial charge in [0.25, 0.3) is 5.56 Å². The molecular weight excluding hydrogens is 450 g/mol. The van der Waals surface area contributed by atoms with Crippen molar-refractivity contribution < 1.29 is 14.6 Å². The molecule has 1 atom stereocenters. The Labute approximate surface area is 202 Å². The zero-order valence-corrected chi connectivity index (χ0v) is 20.2. The number of aliphatic hydroxyl groups excluding tert-OH is 1. The lowest BCUT2D eigenvalue weighted by Crippen LogP contribution is -2.38. The van der Waals surface area contributed by atoms with Crippen LogP contribution in [0, 0.1) is 0 Å². The first-order chi connectivity index (χ1) is 16.8. The summed E-state index contributed by atoms with van der Waals surface area (Å²) in [5.74, 6) is 1.75. The summed E-state index contributed by atoms with van der Waals surface area (Å²) >= 11 is 0. The number of hydrogen-bond acceptors (Lipinski definition) is 7. The summed E-state index contributed by atoms with van der Waals surface area (Å²) in [6.45, 7) is 0.575. The lowest BCUT2D eigenvalue weighted by atomic mass is 10.2. The molecule has 0 aliphatic carbocycles. The standard InChI is InChI=1S/C25H29N5O5/c1-27(14-17-8-6-5-7-9-17)24-26-22-21(23(32)29(3)25(33)28(22)2)30(24)15-18(31)16-35-20-12-10-19(34-4)11-13-20/h5-13,18,31H,14-16H2,1-4H3/t18-/m1/s1. The largest absolute Gasteiger partial charge is 0.497 e. The molecule has 0 spiro atoms. The van der Waals surface area contributed by atoms with Crippen LogP contribution in [0.1, 0.15) is 5.56 Å². The Morgan fingerprint density at radius 1 is 1.00 bits per heavy atom. The van der Waals surface area contributed by atoms with E-state index in [2.05, 4.69) is 4.98 Å². The van der Waals surface area contributed by atoms with Gasteiger partial charge in [-0.3, -0.25) is 13.9 Å². The quantitative estimate of drug-likeness (QED) is 0.388. The van der Waals surface area contributed by atoms with Gasteiger partial charge in [0.05, 0.1) is 13.7 Å². The lowest BCUT2D eigenvalue weighted by molar-refractivity contribution is 0.0936. The van der Waals surface area contributed by atoms with E-state index in [4.69, 9.17) is 9.47 Å². The number of methoxy groups -OCH3 is 1. The fourth-order valence-corrected chi connectivity index (χ4v) is 3.96. The van der Waals surface area contributed by atoms with E-state index < -0.39 is 17.4 Å². The number of aliphatic hydroxyl groups is 1. The molecule has 10 nitrogen and oxygen atoms in total. The summed E-state index contributed by atoms with van der Waals surface area (Å²) in [7, 11) is 6.44. The maximum absolute atomic E-state index is 13.1. The summed E-state index contributed by atoms with van der Waals surface area (Å²) in [5, 5.41) is 10.8. The third-order valence-corrected chi connectivity index (χ3v) is 5.83. The number of aryl methyl sites for hydroxylation is 1. The minimum absolute atomic E-state index is 0.0000781. The van der Waals surface area contributed by atoms with Crippen molar-refractivity contribution in [2.24, 2.45) is 14.1 Å². The number of hydrogen-bond donors (Lipinski definition) is 1. The molecule has 0 bridgehead atoms. The van der Waals surface area contributed by atoms with Crippen molar-refractivity contribution in [1.29, 1.82) is 0 Å². The molecule has 0 radical (unpaired) electrons. The number of imidazole rings is 1. The number of aromatic nitrogens is 4. The van der Waals surface area contributed by atoms with E-state index >= 15 is 0 Å². The van der Waals surface area contributed by atoms with Gasteiger partial charge in [-0.15, -0.1) is 0 Å². The Bertz CT molecular complexity index is 1420. The van der Waals surface area contributed by atoms with Gasteiger partial charge in [0.2, 0.25) is 5.95 Å². The van der Waals surface area contributed by atoms with Gasteiger partial charge in [-0.05, 0) is 29.8 Å². The van der Waals surface area contributed by atoms with Crippen LogP contribution in [0.5, 0.6) is 11.5 Å². The van der Waals surface area contributed by atoms with E-state index in [1.807, 2.05) is 42.3 Å². The summed E-state index contributed by atoms with van der Waals surface area (Å²) in [5.41, 5.74) is 0.620. The molecule has 2 heterocycles. The van der Waals surface area contributed by atoms with Crippen molar-refractivity contribution in [3.63, 3.8) is 0 Å². The highest BCUT2D eigenvalue weighted by Gasteiger charge is 2.23. The first-order valence-corrected chi connectivity index (χ1v) is 11.2. The lowest BCUT2D eigenvalue weighted by Gasteiger charge is -2.21. The predicted molar refractivity (Wildman–Crippen MR) is 133 cm³/mol. The van der Waals surface area contributed by atoms with E-state index in [-0.39, 0.29) is 24.3 Å². The Morgan fingerprint density at radius 3 is 2.31 bits per heavy atom. The molecular formula is C25H29N5O5. The molecule has 0 saturated heterocycles. The minimum atomic E-state index is -0.944. The van der Waals surface area contributed by atoms with Gasteiger partial charge in [0.15, 0.2) is 11.2 Å². The zero-order chi connectivity index (χ0) is 25.1. The molecule has 10 heteroatoms. The second-order valence-corrected chi connectivity index (χ2v) is 8.38. The molecule has 0 saturated carbocycles. The highest BCUT2D eigenvalue weighted by molar-refractivity contribution is 5.74. The summed E-state index contributed by atoms with van der Waals surface area (Å²) in [6, 6.07) is 16.9. The van der Waals surface area contributed by atoms with E-state index in [9.17, 15) is 14.7 Å². The van der Waals surface area contributed by atoms with E-state index in [1.54, 1.807) is 43.0 Å². The Balaban J connectivity index is 1.67. The third kappa shape index (κ3) is 4.92. The van der Waals surface area contributed by atoms with Crippen LogP contribution in [0.25, 0.3) is 11.2 Å². The van der Waals surface area contributed by atoms with Gasteiger partial charge in [0.1, 0.15) is 24.2 Å². The minimum Gasteiger partial charge on any atom is -0.497 e. The second kappa shape index (κ2) is 10.1. The van der Waals surface area contributed by atoms with Gasteiger partial charge >= 0.3 is 5.69 Å². The van der Waals surface area contributed by atoms with Crippen molar-refractivity contribution in [3.05, 3.63) is 81.0 Å². The SMILES string of the molecule is COc1ccc(OC[C@H](O)Cn2c(N(C)Cc3ccccc3)nc3c2c(=O)n(C)c(=O)n3C)cc1. The molecule has 0 amide bonds. The van der Waals surface area contributed by atoms with Crippen LogP contribution in [-0.4, -0.2) is 50.7 Å². The average molecular weight is 480 g/mol. The second-order valence-electron chi connectivity index (χ2n) is 8.38. The maximum atomic E-state index is 13.1. The Hall–Kier alpha value is -4.05. The van der Waals surface area contributed by atoms with Gasteiger partial charge in [-0.25, -0.2) is 4.79 Å². The molecule has 1 N–H and O–H groups in total. The van der Waals surface area contributed by atoms with Crippen LogP contribution >= 0.6 is 0 Å². The third-order valence-electron chi connectivity index (χ3n) is 5.83. The highest BCUT2D eigenvalue weighted by Crippen LogP contribution is 2.22. The van der Waals surface area contributed by atoms with Crippen LogP contribution in [0.2, 0.25) is 0 Å². The first-order valence-electron chi connectivity index (χ1n) is 11.2. The van der Waals surface area contributed by atoms with Gasteiger partial charge < -0.3 is 24.0 Å². The smallest absolute Gasteiger partial charge is 0.332 e. The number of ether oxygens (including phenoxy) is 2. The number of fused-ring (bicyclic) bond motifs is 1. The van der Waals surface area contributed by atoms with Gasteiger partial charge in [0, 0.05) is 27.7 Å². The van der Waals surface area contributed by atoms with Crippen molar-refractivity contribution in [2.75, 3.05) is 25.7 Å². The summed E-state index contributed by atoms with van der Waals surface area (Å²) in [6.07, 6.45) is -0.944. The molecule has 0 fully saturated rings. The van der Waals surface area contributed by atoms with Crippen LogP contribution in [0.3, 0.4) is 0 Å². The van der Waals surface area contributed by atoms with Crippen molar-refractivity contribution in [3.8, 4) is 11.5 Å². The van der Waals surface area contributed by atoms with E-state index in [0.29, 0.717) is 24.0 Å². The fraction of sp³-hybridized carbons (Fsp3) is 0.320. The average Bonchev–Trinajstić information content (AvgIpc) is 3.25. The summed E-state index contributed by atoms with van der Waals surface area (Å²) in [4.78, 5) is 32.1. The molecule has 0 aliphatic rings. The van der Waals surface area contributed by atoms with Crippen LogP contribution in [0.15, 0.2) is 64.2 Å². The molecule has 4 aromatic rings. The van der Waals surface area contributed by atoms with Crippen molar-refractivity contribution >= 4 is 17.1 Å². The van der Waals surface area contributed by atoms with E-state index in [0.717, 1.165) is 10.1 Å². The molecule has 184 valence electrons. The summed E-state index contributed by atoms with van der Waals surface area (Å²) < 4.78 is 14.9. The van der Waals surface area contributed by atoms with Gasteiger partial charge in [-0.2, -0.15) is 4.98 Å². The molecule has 0 unspecified atom stereocenters. The molecule has 2 aromatic carbocycles. The van der Waals surface area contributed by atoms with Crippen LogP contribution < -0.4 is 25.6 Å². The van der Waals surface area contributed by atoms with Crippen LogP contribution in [0.4, 0.5) is 5.95 Å². The highest BCUT2D eigenvalue weighted by atomic mass is 16.5. The van der Waals surface area contributed by atoms with Crippen molar-refractivity contribution in [1.82, 2.24) is 18.7 Å². The Kier molecular flexibility index (Phi) is 6.92. The zero-order valence-electron chi connectivity index (χ0n) is 20.2. The Morgan fingerprint density at radius 2 is 1.66 bits per heavy atom. The molecule has 0 aliphatic heterocycles. The van der Waals surface area contributed by atoms with Crippen molar-refractivity contribution in [2.45, 2.75) is 19.2 Å². The van der Waals surface area contributed by atoms with E-state index in [1.165, 1.54) is 11.6 Å². The monoisotopic (exact) mass is 479 g/mol. The normalized spacial score (nSPS) is 12.0. The first kappa shape index (κ1) is 24.1. The van der Waals surface area contributed by atoms with Crippen LogP contribution in [-0.2, 0) is 27.2 Å². The number of benzene rings is 2. The molecule has 4 rings (SSSR count). The topological polar surface area (TPSA) is 104 Å². The van der Waals surface area contributed by atoms with Gasteiger partial charge in [-0.1, -0.05) is 30.3 Å². The molecule has 35 heavy (non-hydrogen) atoms. The fourth-order valence-electron chi connectivity index (χ4n) is 3.96. The maximum Gasteiger partial charge on any atom is 0.332 e. The molecule has 2 aromatic heterocycles. The number of anilines is 1.